The molecule has 31 heavy (non-hydrogen) atoms. The van der Waals surface area contributed by atoms with Crippen molar-refractivity contribution in [3.8, 4) is 0 Å². The summed E-state index contributed by atoms with van der Waals surface area (Å²) in [5.74, 6) is 0. The van der Waals surface area contributed by atoms with Gasteiger partial charge in [0.2, 0.25) is 0 Å². The van der Waals surface area contributed by atoms with Crippen LogP contribution in [0, 0.1) is 0 Å². The zero-order valence-corrected chi connectivity index (χ0v) is 18.2. The predicted molar refractivity (Wildman–Crippen MR) is 106 cm³/mol. The predicted octanol–water partition coefficient (Wildman–Crippen LogP) is -1.75. The summed E-state index contributed by atoms with van der Waals surface area (Å²) < 4.78 is 28.4. The number of unbranched alkanes of at least 4 members (excludes halogenated alkanes) is 2. The Morgan fingerprint density at radius 3 is 1.94 bits per heavy atom. The molecule has 11 heteroatoms. The van der Waals surface area contributed by atoms with Crippen molar-refractivity contribution in [2.45, 2.75) is 101 Å². The molecule has 0 aliphatic carbocycles. The monoisotopic (exact) mass is 454 g/mol. The molecule has 2 aliphatic rings. The smallest absolute Gasteiger partial charge is 0.187 e. The Kier molecular flexibility index (Phi) is 11.5. The minimum Gasteiger partial charge on any atom is -0.394 e. The number of rotatable bonds is 12. The lowest BCUT2D eigenvalue weighted by Crippen LogP contribution is -2.65. The van der Waals surface area contributed by atoms with Crippen LogP contribution in [0.5, 0.6) is 0 Å². The van der Waals surface area contributed by atoms with Crippen LogP contribution in [0.25, 0.3) is 0 Å². The normalized spacial score (nSPS) is 41.4. The van der Waals surface area contributed by atoms with Crippen molar-refractivity contribution in [1.82, 2.24) is 0 Å². The Labute approximate surface area is 182 Å². The maximum Gasteiger partial charge on any atom is 0.187 e. The number of aliphatic hydroxyl groups is 6. The van der Waals surface area contributed by atoms with E-state index in [1.807, 2.05) is 6.92 Å². The van der Waals surface area contributed by atoms with Gasteiger partial charge in [-0.05, 0) is 12.8 Å². The highest BCUT2D eigenvalue weighted by molar-refractivity contribution is 4.94. The molecule has 0 aromatic heterocycles. The summed E-state index contributed by atoms with van der Waals surface area (Å²) in [4.78, 5) is 0. The van der Waals surface area contributed by atoms with Crippen LogP contribution in [0.3, 0.4) is 0 Å². The lowest BCUT2D eigenvalue weighted by atomic mass is 9.97. The molecule has 6 N–H and O–H groups in total. The Morgan fingerprint density at radius 2 is 1.32 bits per heavy atom. The minimum absolute atomic E-state index is 0.330. The van der Waals surface area contributed by atoms with E-state index in [4.69, 9.17) is 23.7 Å². The molecular weight excluding hydrogens is 416 g/mol. The average molecular weight is 455 g/mol. The van der Waals surface area contributed by atoms with Crippen molar-refractivity contribution >= 4 is 0 Å². The van der Waals surface area contributed by atoms with Crippen LogP contribution in [-0.4, -0.2) is 118 Å². The van der Waals surface area contributed by atoms with E-state index in [1.54, 1.807) is 0 Å². The van der Waals surface area contributed by atoms with Crippen molar-refractivity contribution in [2.75, 3.05) is 26.4 Å². The second-order valence-corrected chi connectivity index (χ2v) is 7.93. The van der Waals surface area contributed by atoms with E-state index >= 15 is 0 Å². The van der Waals surface area contributed by atoms with Gasteiger partial charge in [-0.25, -0.2) is 0 Å². The molecule has 0 spiro atoms. The number of hydrogen-bond donors (Lipinski definition) is 6. The second kappa shape index (κ2) is 13.3. The standard InChI is InChI=1S/C20H38O11/c1-3-5-6-8-28-20-18(27-7-4-2)16(26)17(12(10-22)30-20)31-19-15(25)14(24)13(23)11(9-21)29-19/h11-26H,3-10H2,1-2H3/t11-,12-,13-,14+,15-,16+,17-,18-,19-,20-/m1/s1. The third-order valence-electron chi connectivity index (χ3n) is 5.48. The molecule has 0 saturated carbocycles. The van der Waals surface area contributed by atoms with Gasteiger partial charge in [0.15, 0.2) is 12.6 Å². The summed E-state index contributed by atoms with van der Waals surface area (Å²) in [7, 11) is 0. The van der Waals surface area contributed by atoms with Gasteiger partial charge in [0, 0.05) is 13.2 Å². The van der Waals surface area contributed by atoms with E-state index in [0.29, 0.717) is 19.6 Å². The van der Waals surface area contributed by atoms with Gasteiger partial charge in [0.25, 0.3) is 0 Å². The highest BCUT2D eigenvalue weighted by Gasteiger charge is 2.51. The maximum absolute atomic E-state index is 11.0. The zero-order chi connectivity index (χ0) is 23.0. The number of aliphatic hydroxyl groups excluding tert-OH is 6. The first-order chi connectivity index (χ1) is 14.9. The summed E-state index contributed by atoms with van der Waals surface area (Å²) in [6.07, 6.45) is -9.36. The van der Waals surface area contributed by atoms with E-state index < -0.39 is 74.6 Å². The summed E-state index contributed by atoms with van der Waals surface area (Å²) in [6.45, 7) is 3.56. The Balaban J connectivity index is 2.12. The minimum atomic E-state index is -1.65. The van der Waals surface area contributed by atoms with Gasteiger partial charge in [0.1, 0.15) is 48.8 Å². The van der Waals surface area contributed by atoms with Gasteiger partial charge < -0.3 is 54.3 Å². The molecule has 11 nitrogen and oxygen atoms in total. The van der Waals surface area contributed by atoms with Crippen molar-refractivity contribution in [3.63, 3.8) is 0 Å². The van der Waals surface area contributed by atoms with Crippen molar-refractivity contribution in [3.05, 3.63) is 0 Å². The second-order valence-electron chi connectivity index (χ2n) is 7.93. The summed E-state index contributed by atoms with van der Waals surface area (Å²) in [6, 6.07) is 0. The lowest BCUT2D eigenvalue weighted by Gasteiger charge is -2.46. The number of hydrogen-bond acceptors (Lipinski definition) is 11. The van der Waals surface area contributed by atoms with Crippen LogP contribution in [0.15, 0.2) is 0 Å². The van der Waals surface area contributed by atoms with Gasteiger partial charge in [-0.15, -0.1) is 0 Å². The molecule has 2 aliphatic heterocycles. The molecule has 0 aromatic rings. The summed E-state index contributed by atoms with van der Waals surface area (Å²) in [5.41, 5.74) is 0. The summed E-state index contributed by atoms with van der Waals surface area (Å²) in [5, 5.41) is 60.3. The van der Waals surface area contributed by atoms with Crippen LogP contribution in [-0.2, 0) is 23.7 Å². The highest BCUT2D eigenvalue weighted by Crippen LogP contribution is 2.31. The fraction of sp³-hybridized carbons (Fsp3) is 1.00. The fourth-order valence-electron chi connectivity index (χ4n) is 3.66. The molecule has 0 radical (unpaired) electrons. The molecule has 10 atom stereocenters. The molecule has 184 valence electrons. The van der Waals surface area contributed by atoms with Gasteiger partial charge in [-0.3, -0.25) is 0 Å². The van der Waals surface area contributed by atoms with Gasteiger partial charge in [0.05, 0.1) is 13.2 Å². The molecule has 2 heterocycles. The largest absolute Gasteiger partial charge is 0.394 e. The van der Waals surface area contributed by atoms with Crippen LogP contribution in [0.1, 0.15) is 39.5 Å². The van der Waals surface area contributed by atoms with Crippen LogP contribution < -0.4 is 0 Å². The highest BCUT2D eigenvalue weighted by atomic mass is 16.7. The van der Waals surface area contributed by atoms with E-state index in [9.17, 15) is 30.6 Å². The van der Waals surface area contributed by atoms with Crippen molar-refractivity contribution in [2.24, 2.45) is 0 Å². The molecule has 0 bridgehead atoms. The Bertz CT molecular complexity index is 494. The van der Waals surface area contributed by atoms with Crippen molar-refractivity contribution < 1.29 is 54.3 Å². The lowest BCUT2D eigenvalue weighted by molar-refractivity contribution is -0.362. The van der Waals surface area contributed by atoms with E-state index in [1.165, 1.54) is 0 Å². The van der Waals surface area contributed by atoms with E-state index in [0.717, 1.165) is 19.3 Å². The van der Waals surface area contributed by atoms with Crippen LogP contribution in [0.4, 0.5) is 0 Å². The van der Waals surface area contributed by atoms with Crippen LogP contribution in [0.2, 0.25) is 0 Å². The molecule has 2 fully saturated rings. The topological polar surface area (TPSA) is 168 Å². The SMILES string of the molecule is CCCCCO[C@@H]1O[C@H](CO)[C@@H](O[C@H]2O[C@H](CO)[C@@H](O)[C@H](O)[C@H]2O)[C@H](O)[C@H]1OCCC. The maximum atomic E-state index is 11.0. The third-order valence-corrected chi connectivity index (χ3v) is 5.48. The Morgan fingerprint density at radius 1 is 0.645 bits per heavy atom. The Hall–Kier alpha value is -0.440. The van der Waals surface area contributed by atoms with E-state index in [-0.39, 0.29) is 0 Å². The van der Waals surface area contributed by atoms with E-state index in [2.05, 4.69) is 6.92 Å². The quantitative estimate of drug-likeness (QED) is 0.185. The summed E-state index contributed by atoms with van der Waals surface area (Å²) >= 11 is 0. The molecule has 0 unspecified atom stereocenters. The first-order valence-electron chi connectivity index (χ1n) is 11.0. The number of ether oxygens (including phenoxy) is 5. The molecule has 0 amide bonds. The fourth-order valence-corrected chi connectivity index (χ4v) is 3.66. The third kappa shape index (κ3) is 6.78. The van der Waals surface area contributed by atoms with Gasteiger partial charge >= 0.3 is 0 Å². The first-order valence-corrected chi connectivity index (χ1v) is 11.0. The van der Waals surface area contributed by atoms with Gasteiger partial charge in [-0.2, -0.15) is 0 Å². The van der Waals surface area contributed by atoms with Crippen molar-refractivity contribution in [1.29, 1.82) is 0 Å². The van der Waals surface area contributed by atoms with Crippen LogP contribution >= 0.6 is 0 Å². The molecular formula is C20H38O11. The zero-order valence-electron chi connectivity index (χ0n) is 18.2. The first kappa shape index (κ1) is 26.8. The average Bonchev–Trinajstić information content (AvgIpc) is 2.77. The molecule has 2 rings (SSSR count). The molecule has 2 saturated heterocycles. The van der Waals surface area contributed by atoms with Gasteiger partial charge in [-0.1, -0.05) is 26.7 Å². The molecule has 0 aromatic carbocycles.